The molecule has 442 valence electrons. The minimum absolute atomic E-state index is 0. The van der Waals surface area contributed by atoms with Crippen molar-refractivity contribution in [2.75, 3.05) is 52.4 Å². The van der Waals surface area contributed by atoms with E-state index in [2.05, 4.69) is 89.0 Å². The number of aromatic amines is 2. The number of fused-ring (bicyclic) bond motifs is 2. The molecule has 0 saturated carbocycles. The molecule has 18 nitrogen and oxygen atoms in total. The molecule has 2 aromatic carbocycles. The van der Waals surface area contributed by atoms with Crippen LogP contribution in [-0.2, 0) is 9.59 Å². The van der Waals surface area contributed by atoms with E-state index in [-0.39, 0.29) is 55.9 Å². The third kappa shape index (κ3) is 15.7. The van der Waals surface area contributed by atoms with E-state index >= 15 is 0 Å². The van der Waals surface area contributed by atoms with Crippen molar-refractivity contribution in [3.05, 3.63) is 160 Å². The normalized spacial score (nSPS) is 13.2. The maximum absolute atomic E-state index is 13.2. The minimum Gasteiger partial charge on any atom is -0.359 e. The largest absolute Gasteiger partial charge is 0.359 e. The fourth-order valence-electron chi connectivity index (χ4n) is 10.4. The zero-order valence-electron chi connectivity index (χ0n) is 46.1. The van der Waals surface area contributed by atoms with E-state index < -0.39 is 41.8 Å². The number of hydrogen-bond donors (Lipinski definition) is 2. The Balaban J connectivity index is 0.000000208. The Morgan fingerprint density at radius 1 is 0.524 bits per heavy atom. The predicted octanol–water partition coefficient (Wildman–Crippen LogP) is 11.8. The van der Waals surface area contributed by atoms with Gasteiger partial charge in [-0.1, -0.05) is 74.5 Å². The number of halogens is 3. The summed E-state index contributed by atoms with van der Waals surface area (Å²) in [5.74, 6) is -2.72. The van der Waals surface area contributed by atoms with Crippen molar-refractivity contribution in [1.82, 2.24) is 59.5 Å². The SMILES string of the molecule is C.C.CCC[CH2][Sn]([CH2]CCC)([CH2]CCC)[c]1cncnc1.O=C(C(=O)N1CCN(C(=O)c2ccccc2)CC1)c1c[nH]c2c(-c3cncnc3)ncc(Cl)c12.O=C(C(=O)N1CCN(C(=O)c2ccccc2)CC1)c1c[nH]c2c(Br)ncc(Cl)c12. The average Bonchev–Trinajstić information content (AvgIpc) is 2.75. The summed E-state index contributed by atoms with van der Waals surface area (Å²) in [6.07, 6.45) is 24.6. The number of benzene rings is 2. The first-order valence-corrected chi connectivity index (χ1v) is 36.7. The molecule has 0 atom stereocenters. The van der Waals surface area contributed by atoms with Gasteiger partial charge in [-0.2, -0.15) is 0 Å². The Morgan fingerprint density at radius 3 is 1.33 bits per heavy atom. The van der Waals surface area contributed by atoms with Crippen LogP contribution in [0.2, 0.25) is 23.4 Å². The summed E-state index contributed by atoms with van der Waals surface area (Å²) in [5, 5.41) is 1.43. The maximum atomic E-state index is 13.2. The number of unbranched alkanes of at least 4 members (excludes halogenated alkanes) is 3. The van der Waals surface area contributed by atoms with Crippen molar-refractivity contribution in [1.29, 1.82) is 0 Å². The second-order valence-electron chi connectivity index (χ2n) is 20.2. The molecule has 0 radical (unpaired) electrons. The van der Waals surface area contributed by atoms with Gasteiger partial charge in [0.25, 0.3) is 35.2 Å². The first-order chi connectivity index (χ1) is 39.8. The number of nitrogens with one attached hydrogen (secondary N) is 2. The fourth-order valence-corrected chi connectivity index (χ4v) is 26.7. The van der Waals surface area contributed by atoms with Gasteiger partial charge >= 0.3 is 123 Å². The molecule has 2 fully saturated rings. The summed E-state index contributed by atoms with van der Waals surface area (Å²) in [4.78, 5) is 114. The average molecular weight is 1350 g/mol. The fraction of sp³-hybridized carbons (Fsp3) is 0.355. The predicted molar refractivity (Wildman–Crippen MR) is 337 cm³/mol. The van der Waals surface area contributed by atoms with Crippen molar-refractivity contribution in [3.63, 3.8) is 0 Å². The van der Waals surface area contributed by atoms with Crippen LogP contribution >= 0.6 is 39.1 Å². The van der Waals surface area contributed by atoms with Gasteiger partial charge in [-0.15, -0.1) is 0 Å². The topological polar surface area (TPSA) is 224 Å². The van der Waals surface area contributed by atoms with Crippen LogP contribution in [0.3, 0.4) is 0 Å². The number of aromatic nitrogens is 8. The van der Waals surface area contributed by atoms with E-state index in [4.69, 9.17) is 23.2 Å². The van der Waals surface area contributed by atoms with Crippen LogP contribution < -0.4 is 3.58 Å². The number of Topliss-reactive ketones (excluding diaryl/α,β-unsaturated/α-hetero) is 2. The number of carbonyl (C=O) groups excluding carboxylic acids is 6. The Labute approximate surface area is 513 Å². The molecular weight excluding hydrogens is 1280 g/mol. The molecule has 22 heteroatoms. The molecule has 4 amide bonds. The van der Waals surface area contributed by atoms with Gasteiger partial charge in [0.1, 0.15) is 10.9 Å². The van der Waals surface area contributed by atoms with Gasteiger partial charge in [-0.25, -0.2) is 15.0 Å². The number of nitrogens with zero attached hydrogens (tertiary/aromatic N) is 10. The van der Waals surface area contributed by atoms with Crippen LogP contribution in [0.4, 0.5) is 0 Å². The van der Waals surface area contributed by atoms with Crippen LogP contribution in [0.15, 0.2) is 127 Å². The van der Waals surface area contributed by atoms with Gasteiger partial charge in [0.05, 0.1) is 37.9 Å². The second-order valence-corrected chi connectivity index (χ2v) is 35.0. The summed E-state index contributed by atoms with van der Waals surface area (Å²) in [6.45, 7) is 9.53. The maximum Gasteiger partial charge on any atom is 0.295 e. The Bertz CT molecular complexity index is 3470. The van der Waals surface area contributed by atoms with Crippen LogP contribution in [0, 0.1) is 0 Å². The van der Waals surface area contributed by atoms with E-state index in [9.17, 15) is 28.8 Å². The minimum atomic E-state index is -2.22. The van der Waals surface area contributed by atoms with Gasteiger partial charge < -0.3 is 29.6 Å². The summed E-state index contributed by atoms with van der Waals surface area (Å²) in [7, 11) is 0. The molecule has 2 saturated heterocycles. The quantitative estimate of drug-likeness (QED) is 0.0376. The molecule has 2 aliphatic heterocycles. The van der Waals surface area contributed by atoms with Crippen molar-refractivity contribution in [3.8, 4) is 11.3 Å². The van der Waals surface area contributed by atoms with Gasteiger partial charge in [-0.3, -0.25) is 33.8 Å². The number of rotatable bonds is 17. The number of amides is 4. The second kappa shape index (κ2) is 31.8. The third-order valence-corrected chi connectivity index (χ3v) is 31.6. The molecule has 2 aliphatic rings. The first kappa shape index (κ1) is 66.2. The number of H-pyrrole nitrogens is 2. The number of ketones is 2. The Hall–Kier alpha value is -6.94. The van der Waals surface area contributed by atoms with Crippen LogP contribution in [-0.4, -0.2) is 165 Å². The van der Waals surface area contributed by atoms with Crippen molar-refractivity contribution >= 4 is 118 Å². The van der Waals surface area contributed by atoms with Gasteiger partial charge in [0.2, 0.25) is 0 Å². The molecule has 0 aliphatic carbocycles. The number of hydrogen-bond acceptors (Lipinski definition) is 12. The Morgan fingerprint density at radius 2 is 0.905 bits per heavy atom. The molecular formula is C62H73BrCl2N12O6Sn. The monoisotopic (exact) mass is 1350 g/mol. The molecule has 8 aromatic rings. The smallest absolute Gasteiger partial charge is 0.295 e. The van der Waals surface area contributed by atoms with Gasteiger partial charge in [0, 0.05) is 117 Å². The van der Waals surface area contributed by atoms with Crippen LogP contribution in [0.1, 0.15) is 116 Å². The molecule has 6 aromatic heterocycles. The molecule has 10 rings (SSSR count). The zero-order valence-corrected chi connectivity index (χ0v) is 52.1. The Kier molecular flexibility index (Phi) is 25.1. The van der Waals surface area contributed by atoms with Gasteiger partial charge in [0.15, 0.2) is 0 Å². The van der Waals surface area contributed by atoms with Gasteiger partial charge in [-0.05, 0) is 40.2 Å². The number of piperazine rings is 2. The molecule has 0 unspecified atom stereocenters. The standard InChI is InChI=1S/C24H19ClN6O3.C20H16BrClN4O3.C4H3N2.3C4H9.2CH4.Sn/c25-18-13-29-20(16-10-26-14-27-11-16)21-19(18)17(12-28-21)22(32)24(34)31-8-6-30(7-9-31)23(33)15-4-2-1-3-5-15;21-18-16-15(14(22)11-24-18)13(10-23-16)17(27)20(29)26-8-6-25(7-9-26)19(28)12-4-2-1-3-5-12;1-2-5-4-6-3-1;3*1-3-4-2;;;/h1-5,10-14,28H,6-9H2;1-5,10-11,23H,6-9H2;2-4H;3*1,3-4H2,2H3;2*1H4;. The van der Waals surface area contributed by atoms with E-state index in [0.717, 1.165) is 0 Å². The summed E-state index contributed by atoms with van der Waals surface area (Å²) in [5.41, 5.74) is 3.85. The molecule has 8 heterocycles. The van der Waals surface area contributed by atoms with Crippen LogP contribution in [0.25, 0.3) is 33.1 Å². The van der Waals surface area contributed by atoms with Crippen molar-refractivity contribution in [2.24, 2.45) is 0 Å². The molecule has 2 N–H and O–H groups in total. The summed E-state index contributed by atoms with van der Waals surface area (Å²) < 4.78 is 6.58. The van der Waals surface area contributed by atoms with E-state index in [0.29, 0.717) is 93.1 Å². The molecule has 0 bridgehead atoms. The van der Waals surface area contributed by atoms with Crippen LogP contribution in [0.5, 0.6) is 0 Å². The van der Waals surface area contributed by atoms with Crippen molar-refractivity contribution < 1.29 is 28.8 Å². The molecule has 0 spiro atoms. The third-order valence-electron chi connectivity index (χ3n) is 14.9. The van der Waals surface area contributed by atoms with E-state index in [1.807, 2.05) is 36.4 Å². The summed E-state index contributed by atoms with van der Waals surface area (Å²) >= 11 is 13.7. The zero-order chi connectivity index (χ0) is 58.2. The van der Waals surface area contributed by atoms with E-state index in [1.54, 1.807) is 56.4 Å². The molecule has 84 heavy (non-hydrogen) atoms. The summed E-state index contributed by atoms with van der Waals surface area (Å²) in [6, 6.07) is 18.0. The number of pyridine rings is 2. The van der Waals surface area contributed by atoms with E-state index in [1.165, 1.54) is 92.7 Å². The van der Waals surface area contributed by atoms with Crippen molar-refractivity contribution in [2.45, 2.75) is 87.5 Å². The number of carbonyl (C=O) groups is 6. The first-order valence-electron chi connectivity index (χ1n) is 27.6.